The lowest BCUT2D eigenvalue weighted by molar-refractivity contribution is -0.928. The molecule has 1 saturated heterocycles. The van der Waals surface area contributed by atoms with Crippen molar-refractivity contribution in [3.05, 3.63) is 24.3 Å². The number of amides is 2. The van der Waals surface area contributed by atoms with Crippen molar-refractivity contribution in [1.29, 1.82) is 0 Å². The molecule has 0 saturated carbocycles. The van der Waals surface area contributed by atoms with Gasteiger partial charge in [-0.05, 0) is 32.6 Å². The van der Waals surface area contributed by atoms with Gasteiger partial charge in [0.15, 0.2) is 0 Å². The molecule has 2 atom stereocenters. The van der Waals surface area contributed by atoms with Gasteiger partial charge in [0.05, 0.1) is 25.3 Å². The van der Waals surface area contributed by atoms with Crippen molar-refractivity contribution in [2.24, 2.45) is 0 Å². The van der Waals surface area contributed by atoms with Crippen LogP contribution in [0, 0.1) is 0 Å². The summed E-state index contributed by atoms with van der Waals surface area (Å²) in [6.45, 7) is 8.61. The number of carbonyl (C=O) groups is 2. The predicted octanol–water partition coefficient (Wildman–Crippen LogP) is 1.46. The highest BCUT2D eigenvalue weighted by molar-refractivity contribution is 5.92. The molecular weight excluding hydrogens is 366 g/mol. The fourth-order valence-corrected chi connectivity index (χ4v) is 3.93. The van der Waals surface area contributed by atoms with Crippen molar-refractivity contribution in [2.75, 3.05) is 32.7 Å². The van der Waals surface area contributed by atoms with Crippen LogP contribution in [0.25, 0.3) is 0 Å². The summed E-state index contributed by atoms with van der Waals surface area (Å²) in [5.74, 6) is -0.135. The Morgan fingerprint density at radius 1 is 1.21 bits per heavy atom. The quantitative estimate of drug-likeness (QED) is 0.517. The molecule has 2 rings (SSSR count). The van der Waals surface area contributed by atoms with Crippen molar-refractivity contribution in [1.82, 2.24) is 20.2 Å². The maximum absolute atomic E-state index is 12.7. The Bertz CT molecular complexity index is 610. The SMILES string of the molecule is CCCCCN(CCC(=O)NCCC[NH+]1CCCC[C@H]1C)C(=O)c1cnccn1. The summed E-state index contributed by atoms with van der Waals surface area (Å²) in [6.07, 6.45) is 13.0. The summed E-state index contributed by atoms with van der Waals surface area (Å²) in [5.41, 5.74) is 0.336. The van der Waals surface area contributed by atoms with E-state index in [2.05, 4.69) is 29.1 Å². The minimum atomic E-state index is -0.148. The Hall–Kier alpha value is -2.02. The zero-order valence-electron chi connectivity index (χ0n) is 18.2. The van der Waals surface area contributed by atoms with Gasteiger partial charge in [0.1, 0.15) is 5.69 Å². The van der Waals surface area contributed by atoms with Crippen LogP contribution in [0.4, 0.5) is 0 Å². The van der Waals surface area contributed by atoms with E-state index in [-0.39, 0.29) is 11.8 Å². The second kappa shape index (κ2) is 13.2. The Morgan fingerprint density at radius 3 is 2.79 bits per heavy atom. The number of likely N-dealkylation sites (tertiary alicyclic amines) is 1. The van der Waals surface area contributed by atoms with Gasteiger partial charge < -0.3 is 15.1 Å². The Balaban J connectivity index is 1.72. The molecule has 0 spiro atoms. The molecule has 29 heavy (non-hydrogen) atoms. The molecule has 0 aliphatic carbocycles. The maximum atomic E-state index is 12.7. The first kappa shape index (κ1) is 23.3. The first-order valence-electron chi connectivity index (χ1n) is 11.3. The Morgan fingerprint density at radius 2 is 2.07 bits per heavy atom. The number of carbonyl (C=O) groups excluding carboxylic acids is 2. The highest BCUT2D eigenvalue weighted by Gasteiger charge is 2.21. The van der Waals surface area contributed by atoms with E-state index in [9.17, 15) is 9.59 Å². The van der Waals surface area contributed by atoms with E-state index in [1.807, 2.05) is 0 Å². The summed E-state index contributed by atoms with van der Waals surface area (Å²) >= 11 is 0. The van der Waals surface area contributed by atoms with Crippen LogP contribution in [0.15, 0.2) is 18.6 Å². The Kier molecular flexibility index (Phi) is 10.6. The van der Waals surface area contributed by atoms with Crippen LogP contribution >= 0.6 is 0 Å². The van der Waals surface area contributed by atoms with Crippen molar-refractivity contribution in [3.8, 4) is 0 Å². The molecule has 0 aromatic carbocycles. The first-order chi connectivity index (χ1) is 14.1. The van der Waals surface area contributed by atoms with Gasteiger partial charge in [0.2, 0.25) is 5.91 Å². The highest BCUT2D eigenvalue weighted by atomic mass is 16.2. The van der Waals surface area contributed by atoms with Gasteiger partial charge in [-0.3, -0.25) is 14.6 Å². The number of nitrogens with one attached hydrogen (secondary N) is 2. The van der Waals surface area contributed by atoms with E-state index in [0.29, 0.717) is 31.7 Å². The van der Waals surface area contributed by atoms with Gasteiger partial charge in [0.25, 0.3) is 5.91 Å². The molecule has 1 aromatic rings. The summed E-state index contributed by atoms with van der Waals surface area (Å²) in [6, 6.07) is 0.739. The molecule has 1 fully saturated rings. The van der Waals surface area contributed by atoms with Crippen LogP contribution in [-0.4, -0.2) is 65.4 Å². The second-order valence-corrected chi connectivity index (χ2v) is 8.10. The minimum absolute atomic E-state index is 0.0131. The number of quaternary nitrogens is 1. The molecule has 7 heteroatoms. The number of piperidine rings is 1. The molecule has 1 aliphatic heterocycles. The van der Waals surface area contributed by atoms with Gasteiger partial charge in [-0.2, -0.15) is 0 Å². The van der Waals surface area contributed by atoms with Gasteiger partial charge in [-0.1, -0.05) is 19.8 Å². The molecule has 162 valence electrons. The molecule has 2 N–H and O–H groups in total. The normalized spacial score (nSPS) is 19.0. The highest BCUT2D eigenvalue weighted by Crippen LogP contribution is 2.05. The number of unbranched alkanes of at least 4 members (excludes halogenated alkanes) is 2. The van der Waals surface area contributed by atoms with E-state index >= 15 is 0 Å². The predicted molar refractivity (Wildman–Crippen MR) is 114 cm³/mol. The molecule has 1 unspecified atom stereocenters. The van der Waals surface area contributed by atoms with Crippen LogP contribution in [-0.2, 0) is 4.79 Å². The van der Waals surface area contributed by atoms with Crippen LogP contribution in [0.5, 0.6) is 0 Å². The number of rotatable bonds is 12. The van der Waals surface area contributed by atoms with Crippen LogP contribution in [0.1, 0.15) is 75.7 Å². The minimum Gasteiger partial charge on any atom is -0.356 e. The fraction of sp³-hybridized carbons (Fsp3) is 0.727. The zero-order chi connectivity index (χ0) is 20.9. The molecule has 1 aliphatic rings. The van der Waals surface area contributed by atoms with Crippen molar-refractivity contribution >= 4 is 11.8 Å². The van der Waals surface area contributed by atoms with Crippen molar-refractivity contribution < 1.29 is 14.5 Å². The Labute approximate surface area is 175 Å². The molecule has 1 aromatic heterocycles. The molecular formula is C22H38N5O2+. The number of hydrogen-bond donors (Lipinski definition) is 2. The smallest absolute Gasteiger partial charge is 0.274 e. The molecule has 2 heterocycles. The van der Waals surface area contributed by atoms with E-state index in [4.69, 9.17) is 0 Å². The fourth-order valence-electron chi connectivity index (χ4n) is 3.93. The summed E-state index contributed by atoms with van der Waals surface area (Å²) in [4.78, 5) is 36.5. The third-order valence-electron chi connectivity index (χ3n) is 5.79. The lowest BCUT2D eigenvalue weighted by Gasteiger charge is -2.30. The van der Waals surface area contributed by atoms with Crippen molar-refractivity contribution in [3.63, 3.8) is 0 Å². The maximum Gasteiger partial charge on any atom is 0.274 e. The second-order valence-electron chi connectivity index (χ2n) is 8.10. The van der Waals surface area contributed by atoms with E-state index in [1.165, 1.54) is 38.2 Å². The van der Waals surface area contributed by atoms with E-state index in [0.717, 1.165) is 38.3 Å². The van der Waals surface area contributed by atoms with Gasteiger partial charge in [-0.15, -0.1) is 0 Å². The summed E-state index contributed by atoms with van der Waals surface area (Å²) in [5, 5.41) is 3.02. The van der Waals surface area contributed by atoms with Gasteiger partial charge in [-0.25, -0.2) is 4.98 Å². The molecule has 2 amide bonds. The zero-order valence-corrected chi connectivity index (χ0v) is 18.2. The number of hydrogen-bond acceptors (Lipinski definition) is 4. The van der Waals surface area contributed by atoms with Crippen LogP contribution in [0.3, 0.4) is 0 Å². The largest absolute Gasteiger partial charge is 0.356 e. The lowest BCUT2D eigenvalue weighted by Crippen LogP contribution is -3.16. The summed E-state index contributed by atoms with van der Waals surface area (Å²) in [7, 11) is 0. The average Bonchev–Trinajstić information content (AvgIpc) is 2.75. The first-order valence-corrected chi connectivity index (χ1v) is 11.3. The van der Waals surface area contributed by atoms with Crippen molar-refractivity contribution in [2.45, 2.75) is 71.3 Å². The average molecular weight is 405 g/mol. The number of aromatic nitrogens is 2. The monoisotopic (exact) mass is 404 g/mol. The molecule has 7 nitrogen and oxygen atoms in total. The number of nitrogens with zero attached hydrogens (tertiary/aromatic N) is 3. The van der Waals surface area contributed by atoms with Crippen LogP contribution < -0.4 is 10.2 Å². The van der Waals surface area contributed by atoms with Gasteiger partial charge in [0, 0.05) is 44.9 Å². The van der Waals surface area contributed by atoms with E-state index in [1.54, 1.807) is 16.0 Å². The standard InChI is InChI=1S/C22H37N5O2/c1-3-4-6-15-27(22(29)20-18-23-12-13-24-20)17-10-21(28)25-11-8-16-26-14-7-5-9-19(26)2/h12-13,18-19H,3-11,14-17H2,1-2H3,(H,25,28)/p+1/t19-/m1/s1. The van der Waals surface area contributed by atoms with E-state index < -0.39 is 0 Å². The third kappa shape index (κ3) is 8.48. The topological polar surface area (TPSA) is 79.6 Å². The lowest BCUT2D eigenvalue weighted by atomic mass is 10.0. The summed E-state index contributed by atoms with van der Waals surface area (Å²) < 4.78 is 0. The van der Waals surface area contributed by atoms with Gasteiger partial charge >= 0.3 is 0 Å². The van der Waals surface area contributed by atoms with Crippen LogP contribution in [0.2, 0.25) is 0 Å². The third-order valence-corrected chi connectivity index (χ3v) is 5.79. The molecule has 0 bridgehead atoms. The molecule has 0 radical (unpaired) electrons.